The van der Waals surface area contributed by atoms with Crippen LogP contribution in [0.5, 0.6) is 0 Å². The van der Waals surface area contributed by atoms with Gasteiger partial charge in [0.25, 0.3) is 0 Å². The van der Waals surface area contributed by atoms with Gasteiger partial charge in [-0.2, -0.15) is 0 Å². The molecular weight excluding hydrogens is 480 g/mol. The molecule has 8 aliphatic rings. The van der Waals surface area contributed by atoms with E-state index in [9.17, 15) is 24.3 Å². The Hall–Kier alpha value is -2.36. The van der Waals surface area contributed by atoms with Gasteiger partial charge in [-0.1, -0.05) is 24.6 Å². The highest BCUT2D eigenvalue weighted by Gasteiger charge is 2.93. The van der Waals surface area contributed by atoms with Gasteiger partial charge in [-0.05, 0) is 63.4 Å². The lowest BCUT2D eigenvalue weighted by atomic mass is 9.46. The number of Topliss-reactive ketones (excluding diaryl/α,β-unsaturated/α-hetero) is 1. The average Bonchev–Trinajstić information content (AvgIpc) is 3.16. The number of carbonyl (C=O) groups excluding carboxylic acids is 4. The second-order valence-electron chi connectivity index (χ2n) is 13.0. The fourth-order valence-corrected chi connectivity index (χ4v) is 10.0. The van der Waals surface area contributed by atoms with E-state index in [0.29, 0.717) is 25.7 Å². The topological polar surface area (TPSA) is 125 Å². The van der Waals surface area contributed by atoms with Gasteiger partial charge in [0.15, 0.2) is 28.4 Å². The van der Waals surface area contributed by atoms with Crippen LogP contribution < -0.4 is 0 Å². The SMILES string of the molecule is C[C@]12C(=O)C=CCC1=CC[C@H]1[C@H]2CC[C@]2(O)C(=O)O[C@@]3(C)[C@@H]4C[C@@]5(C)[C@H](COC16OC32[C@@H]5C6=O)C(=O)O4. The minimum absolute atomic E-state index is 0.0380. The maximum Gasteiger partial charge on any atom is 0.342 e. The minimum Gasteiger partial charge on any atom is -0.458 e. The number of hydrogen-bond donors (Lipinski definition) is 1. The summed E-state index contributed by atoms with van der Waals surface area (Å²) in [6.45, 7) is 5.29. The summed E-state index contributed by atoms with van der Waals surface area (Å²) in [5.41, 5.74) is -6.43. The molecule has 3 aliphatic carbocycles. The van der Waals surface area contributed by atoms with Crippen LogP contribution in [0.25, 0.3) is 0 Å². The summed E-state index contributed by atoms with van der Waals surface area (Å²) in [5.74, 6) is -6.36. The highest BCUT2D eigenvalue weighted by Crippen LogP contribution is 2.75. The van der Waals surface area contributed by atoms with Crippen LogP contribution in [0.4, 0.5) is 0 Å². The Labute approximate surface area is 213 Å². The number of fused-ring (bicyclic) bond motifs is 5. The van der Waals surface area contributed by atoms with Crippen molar-refractivity contribution in [2.45, 2.75) is 81.6 Å². The summed E-state index contributed by atoms with van der Waals surface area (Å²) in [6, 6.07) is 0. The number of ether oxygens (including phenoxy) is 4. The largest absolute Gasteiger partial charge is 0.458 e. The number of rotatable bonds is 0. The summed E-state index contributed by atoms with van der Waals surface area (Å²) in [4.78, 5) is 55.2. The number of esters is 2. The quantitative estimate of drug-likeness (QED) is 0.382. The molecule has 2 unspecified atom stereocenters. The number of aliphatic hydroxyl groups is 1. The molecule has 9 heteroatoms. The van der Waals surface area contributed by atoms with Crippen molar-refractivity contribution in [3.63, 3.8) is 0 Å². The molecule has 0 radical (unpaired) electrons. The monoisotopic (exact) mass is 510 g/mol. The minimum atomic E-state index is -2.17. The fraction of sp³-hybridized carbons (Fsp3) is 0.714. The lowest BCUT2D eigenvalue weighted by Gasteiger charge is -2.63. The molecule has 9 nitrogen and oxygen atoms in total. The smallest absolute Gasteiger partial charge is 0.342 e. The molecule has 196 valence electrons. The van der Waals surface area contributed by atoms with Crippen molar-refractivity contribution in [3.05, 3.63) is 23.8 Å². The molecule has 5 bridgehead atoms. The Kier molecular flexibility index (Phi) is 3.73. The molecule has 0 aromatic heterocycles. The van der Waals surface area contributed by atoms with Crippen LogP contribution in [-0.2, 0) is 38.1 Å². The van der Waals surface area contributed by atoms with Crippen molar-refractivity contribution in [1.29, 1.82) is 0 Å². The van der Waals surface area contributed by atoms with Crippen molar-refractivity contribution in [2.75, 3.05) is 6.61 Å². The van der Waals surface area contributed by atoms with Crippen LogP contribution in [0.3, 0.4) is 0 Å². The Morgan fingerprint density at radius 3 is 2.65 bits per heavy atom. The molecule has 0 amide bonds. The summed E-state index contributed by atoms with van der Waals surface area (Å²) in [6.07, 6.45) is 6.24. The number of allylic oxidation sites excluding steroid dienone is 4. The molecule has 0 aromatic rings. The van der Waals surface area contributed by atoms with Crippen molar-refractivity contribution in [3.8, 4) is 0 Å². The highest BCUT2D eigenvalue weighted by atomic mass is 16.8. The molecule has 5 heterocycles. The van der Waals surface area contributed by atoms with Gasteiger partial charge in [-0.3, -0.25) is 14.4 Å². The third-order valence-corrected chi connectivity index (χ3v) is 12.0. The van der Waals surface area contributed by atoms with Crippen molar-refractivity contribution < 1.29 is 43.2 Å². The Morgan fingerprint density at radius 1 is 1.08 bits per heavy atom. The fourth-order valence-electron chi connectivity index (χ4n) is 10.0. The zero-order valence-electron chi connectivity index (χ0n) is 21.1. The van der Waals surface area contributed by atoms with E-state index in [-0.39, 0.29) is 24.6 Å². The average molecular weight is 511 g/mol. The van der Waals surface area contributed by atoms with E-state index in [1.807, 2.05) is 26.0 Å². The molecule has 5 saturated heterocycles. The Bertz CT molecular complexity index is 1300. The standard InChI is InChI=1S/C28H30O9/c1-23-11-18-25(3)28-19(23)20(30)27(37-28,34-12-16(23)21(31)35-18)15-8-7-13-5-4-6-17(29)24(13,2)14(15)9-10-26(28,33)22(32)36-25/h4,6-7,14-16,18-19,33H,5,8-12H2,1-3H3/t14-,15+,16-,18+,19-,23+,24+,25+,26+,27?,28?/m1/s1. The van der Waals surface area contributed by atoms with Gasteiger partial charge >= 0.3 is 11.9 Å². The summed E-state index contributed by atoms with van der Waals surface area (Å²) in [7, 11) is 0. The van der Waals surface area contributed by atoms with Crippen molar-refractivity contribution in [2.24, 2.45) is 34.5 Å². The first-order valence-electron chi connectivity index (χ1n) is 13.4. The van der Waals surface area contributed by atoms with Gasteiger partial charge in [0.2, 0.25) is 5.79 Å². The molecule has 0 aromatic carbocycles. The van der Waals surface area contributed by atoms with Crippen molar-refractivity contribution >= 4 is 23.5 Å². The van der Waals surface area contributed by atoms with Gasteiger partial charge in [0, 0.05) is 5.92 Å². The molecule has 8 rings (SSSR count). The van der Waals surface area contributed by atoms with Crippen LogP contribution in [0, 0.1) is 34.5 Å². The van der Waals surface area contributed by atoms with Gasteiger partial charge in [-0.25, -0.2) is 4.79 Å². The van der Waals surface area contributed by atoms with Gasteiger partial charge in [-0.15, -0.1) is 0 Å². The lowest BCUT2D eigenvalue weighted by Crippen LogP contribution is -2.79. The molecule has 11 atom stereocenters. The predicted octanol–water partition coefficient (Wildman–Crippen LogP) is 1.56. The normalized spacial score (nSPS) is 58.5. The van der Waals surface area contributed by atoms with Crippen LogP contribution in [0.15, 0.2) is 23.8 Å². The third kappa shape index (κ3) is 1.97. The second kappa shape index (κ2) is 6.10. The first-order chi connectivity index (χ1) is 17.4. The second-order valence-corrected chi connectivity index (χ2v) is 13.0. The van der Waals surface area contributed by atoms with E-state index in [1.165, 1.54) is 0 Å². The Balaban J connectivity index is 1.43. The van der Waals surface area contributed by atoms with E-state index in [0.717, 1.165) is 5.57 Å². The zero-order chi connectivity index (χ0) is 26.0. The number of hydrogen-bond acceptors (Lipinski definition) is 9. The van der Waals surface area contributed by atoms with Gasteiger partial charge < -0.3 is 24.1 Å². The van der Waals surface area contributed by atoms with Crippen LogP contribution >= 0.6 is 0 Å². The molecule has 5 aliphatic heterocycles. The molecule has 6 fully saturated rings. The van der Waals surface area contributed by atoms with Crippen molar-refractivity contribution in [1.82, 2.24) is 0 Å². The number of ketones is 2. The van der Waals surface area contributed by atoms with Crippen LogP contribution in [-0.4, -0.2) is 63.9 Å². The predicted molar refractivity (Wildman–Crippen MR) is 122 cm³/mol. The molecule has 1 N–H and O–H groups in total. The van der Waals surface area contributed by atoms with E-state index in [1.54, 1.807) is 13.0 Å². The molecule has 2 spiro atoms. The molecular formula is C28H30O9. The lowest BCUT2D eigenvalue weighted by molar-refractivity contribution is -0.374. The first kappa shape index (κ1) is 22.6. The summed E-state index contributed by atoms with van der Waals surface area (Å²) < 4.78 is 25.1. The molecule has 1 saturated carbocycles. The maximum atomic E-state index is 14.8. The van der Waals surface area contributed by atoms with E-state index < -0.39 is 75.1 Å². The van der Waals surface area contributed by atoms with E-state index in [4.69, 9.17) is 18.9 Å². The summed E-state index contributed by atoms with van der Waals surface area (Å²) >= 11 is 0. The van der Waals surface area contributed by atoms with Gasteiger partial charge in [0.05, 0.1) is 23.9 Å². The molecule has 37 heavy (non-hydrogen) atoms. The van der Waals surface area contributed by atoms with Crippen LogP contribution in [0.2, 0.25) is 0 Å². The van der Waals surface area contributed by atoms with E-state index in [2.05, 4.69) is 0 Å². The first-order valence-corrected chi connectivity index (χ1v) is 13.4. The van der Waals surface area contributed by atoms with E-state index >= 15 is 0 Å². The third-order valence-electron chi connectivity index (χ3n) is 12.0. The summed E-state index contributed by atoms with van der Waals surface area (Å²) in [5, 5.41) is 12.4. The van der Waals surface area contributed by atoms with Crippen LogP contribution in [0.1, 0.15) is 52.9 Å². The highest BCUT2D eigenvalue weighted by molar-refractivity contribution is 6.01. The Morgan fingerprint density at radius 2 is 1.86 bits per heavy atom. The maximum absolute atomic E-state index is 14.8. The zero-order valence-corrected chi connectivity index (χ0v) is 21.1. The van der Waals surface area contributed by atoms with Gasteiger partial charge in [0.1, 0.15) is 6.10 Å². The number of carbonyl (C=O) groups is 4.